The molecule has 1 amide bonds. The van der Waals surface area contributed by atoms with Crippen molar-refractivity contribution in [2.24, 2.45) is 7.05 Å². The molecule has 1 fully saturated rings. The highest BCUT2D eigenvalue weighted by molar-refractivity contribution is 5.87. The fourth-order valence-corrected chi connectivity index (χ4v) is 3.83. The Morgan fingerprint density at radius 1 is 1.21 bits per heavy atom. The van der Waals surface area contributed by atoms with Crippen molar-refractivity contribution in [3.8, 4) is 11.3 Å². The third kappa shape index (κ3) is 4.93. The number of carbonyl (C=O) groups is 1. The Bertz CT molecular complexity index is 1250. The first kappa shape index (κ1) is 23.4. The van der Waals surface area contributed by atoms with Gasteiger partial charge in [-0.3, -0.25) is 14.3 Å². The lowest BCUT2D eigenvalue weighted by Crippen LogP contribution is -2.34. The van der Waals surface area contributed by atoms with Crippen molar-refractivity contribution in [3.63, 3.8) is 0 Å². The van der Waals surface area contributed by atoms with Crippen LogP contribution in [0.4, 0.5) is 13.2 Å². The maximum absolute atomic E-state index is 12.8. The highest BCUT2D eigenvalue weighted by Gasteiger charge is 2.38. The van der Waals surface area contributed by atoms with E-state index in [1.807, 2.05) is 0 Å². The molecule has 2 unspecified atom stereocenters. The number of amides is 1. The fraction of sp³-hybridized carbons (Fsp3) is 0.304. The first-order valence-corrected chi connectivity index (χ1v) is 10.4. The molecule has 3 heterocycles. The minimum Gasteiger partial charge on any atom is -0.369 e. The van der Waals surface area contributed by atoms with Crippen LogP contribution in [0.3, 0.4) is 0 Å². The summed E-state index contributed by atoms with van der Waals surface area (Å²) in [6, 6.07) is 7.04. The molecule has 3 aromatic rings. The number of benzene rings is 1. The van der Waals surface area contributed by atoms with Gasteiger partial charge in [-0.2, -0.15) is 23.4 Å². The molecule has 0 N–H and O–H groups in total. The van der Waals surface area contributed by atoms with Crippen molar-refractivity contribution < 1.29 is 22.7 Å². The molecule has 1 saturated heterocycles. The summed E-state index contributed by atoms with van der Waals surface area (Å²) in [5.74, 6) is -0.318. The van der Waals surface area contributed by atoms with Crippen molar-refractivity contribution in [2.45, 2.75) is 24.9 Å². The number of nitrogens with zero attached hydrogens (tertiary/aromatic N) is 5. The molecule has 0 aliphatic carbocycles. The molecule has 0 radical (unpaired) electrons. The van der Waals surface area contributed by atoms with E-state index in [4.69, 9.17) is 4.74 Å². The third-order valence-corrected chi connectivity index (χ3v) is 5.61. The number of aryl methyl sites for hydroxylation is 1. The second-order valence-electron chi connectivity index (χ2n) is 7.96. The van der Waals surface area contributed by atoms with Crippen molar-refractivity contribution in [3.05, 3.63) is 82.9 Å². The lowest BCUT2D eigenvalue weighted by Gasteiger charge is -2.20. The number of rotatable bonds is 6. The van der Waals surface area contributed by atoms with Crippen LogP contribution in [-0.2, 0) is 29.4 Å². The summed E-state index contributed by atoms with van der Waals surface area (Å²) in [7, 11) is 1.76. The number of aromatic nitrogens is 4. The van der Waals surface area contributed by atoms with E-state index in [0.717, 1.165) is 17.7 Å². The molecule has 8 nitrogen and oxygen atoms in total. The summed E-state index contributed by atoms with van der Waals surface area (Å²) < 4.78 is 47.3. The zero-order valence-electron chi connectivity index (χ0n) is 18.3. The van der Waals surface area contributed by atoms with Gasteiger partial charge in [0.1, 0.15) is 6.04 Å². The maximum Gasteiger partial charge on any atom is 0.416 e. The van der Waals surface area contributed by atoms with E-state index in [1.165, 1.54) is 33.9 Å². The van der Waals surface area contributed by atoms with E-state index >= 15 is 0 Å². The fourth-order valence-electron chi connectivity index (χ4n) is 3.83. The molecule has 34 heavy (non-hydrogen) atoms. The van der Waals surface area contributed by atoms with E-state index in [2.05, 4.69) is 16.8 Å². The van der Waals surface area contributed by atoms with Crippen LogP contribution >= 0.6 is 0 Å². The van der Waals surface area contributed by atoms with E-state index in [0.29, 0.717) is 11.3 Å². The minimum atomic E-state index is -4.42. The molecule has 11 heteroatoms. The number of halogens is 3. The average molecular weight is 473 g/mol. The van der Waals surface area contributed by atoms with Crippen LogP contribution in [0.5, 0.6) is 0 Å². The molecule has 2 aromatic heterocycles. The van der Waals surface area contributed by atoms with E-state index in [9.17, 15) is 22.8 Å². The molecular formula is C23H22F3N5O3. The number of alkyl halides is 3. The van der Waals surface area contributed by atoms with Gasteiger partial charge < -0.3 is 9.64 Å². The van der Waals surface area contributed by atoms with Crippen LogP contribution in [0.1, 0.15) is 17.2 Å². The number of ether oxygens (including phenoxy) is 1. The van der Waals surface area contributed by atoms with Gasteiger partial charge in [0.05, 0.1) is 30.2 Å². The molecule has 2 atom stereocenters. The van der Waals surface area contributed by atoms with Crippen LogP contribution in [0.15, 0.2) is 66.2 Å². The van der Waals surface area contributed by atoms with E-state index in [-0.39, 0.29) is 31.2 Å². The van der Waals surface area contributed by atoms with Crippen molar-refractivity contribution in [2.75, 3.05) is 13.1 Å². The number of hydrogen-bond donors (Lipinski definition) is 0. The predicted molar refractivity (Wildman–Crippen MR) is 117 cm³/mol. The summed E-state index contributed by atoms with van der Waals surface area (Å²) >= 11 is 0. The normalized spacial score (nSPS) is 18.3. The molecule has 0 bridgehead atoms. The standard InChI is InChI=1S/C23H22F3N5O3/c1-3-21(32)30-12-19(31-22(33)9-8-18(28-31)16-10-27-29(2)11-16)20(13-30)34-14-15-4-6-17(7-5-15)23(24,25)26/h3-11,19-20H,1,12-14H2,2H3. The lowest BCUT2D eigenvalue weighted by molar-refractivity contribution is -0.137. The van der Waals surface area contributed by atoms with Crippen LogP contribution in [-0.4, -0.2) is 49.6 Å². The first-order valence-electron chi connectivity index (χ1n) is 10.4. The minimum absolute atomic E-state index is 0.00642. The number of carbonyl (C=O) groups excluding carboxylic acids is 1. The van der Waals surface area contributed by atoms with Crippen LogP contribution < -0.4 is 5.56 Å². The quantitative estimate of drug-likeness (QED) is 0.515. The lowest BCUT2D eigenvalue weighted by atomic mass is 10.1. The van der Waals surface area contributed by atoms with Gasteiger partial charge in [0.2, 0.25) is 5.91 Å². The zero-order chi connectivity index (χ0) is 24.5. The molecule has 178 valence electrons. The first-order chi connectivity index (χ1) is 16.2. The summed E-state index contributed by atoms with van der Waals surface area (Å²) in [4.78, 5) is 26.4. The van der Waals surface area contributed by atoms with Crippen LogP contribution in [0.25, 0.3) is 11.3 Å². The summed E-state index contributed by atoms with van der Waals surface area (Å²) in [5, 5.41) is 8.60. The van der Waals surface area contributed by atoms with Crippen LogP contribution in [0.2, 0.25) is 0 Å². The summed E-state index contributed by atoms with van der Waals surface area (Å²) in [6.45, 7) is 3.87. The Balaban J connectivity index is 1.59. The Morgan fingerprint density at radius 2 is 1.94 bits per heavy atom. The Morgan fingerprint density at radius 3 is 2.56 bits per heavy atom. The van der Waals surface area contributed by atoms with Crippen LogP contribution in [0, 0.1) is 0 Å². The Hall–Kier alpha value is -3.73. The highest BCUT2D eigenvalue weighted by atomic mass is 19.4. The molecule has 1 aromatic carbocycles. The second kappa shape index (κ2) is 9.26. The monoisotopic (exact) mass is 473 g/mol. The predicted octanol–water partition coefficient (Wildman–Crippen LogP) is 2.82. The number of hydrogen-bond acceptors (Lipinski definition) is 5. The second-order valence-corrected chi connectivity index (χ2v) is 7.96. The third-order valence-electron chi connectivity index (χ3n) is 5.61. The van der Waals surface area contributed by atoms with E-state index in [1.54, 1.807) is 30.2 Å². The molecular weight excluding hydrogens is 451 g/mol. The maximum atomic E-state index is 12.8. The van der Waals surface area contributed by atoms with Crippen molar-refractivity contribution in [1.82, 2.24) is 24.5 Å². The zero-order valence-corrected chi connectivity index (χ0v) is 18.3. The summed E-state index contributed by atoms with van der Waals surface area (Å²) in [5.41, 5.74) is 0.664. The number of likely N-dealkylation sites (tertiary alicyclic amines) is 1. The topological polar surface area (TPSA) is 82.2 Å². The smallest absolute Gasteiger partial charge is 0.369 e. The average Bonchev–Trinajstić information content (AvgIpc) is 3.43. The highest BCUT2D eigenvalue weighted by Crippen LogP contribution is 2.30. The van der Waals surface area contributed by atoms with Gasteiger partial charge in [-0.25, -0.2) is 4.68 Å². The Labute approximate surface area is 192 Å². The van der Waals surface area contributed by atoms with Gasteiger partial charge in [-0.1, -0.05) is 18.7 Å². The van der Waals surface area contributed by atoms with Gasteiger partial charge in [-0.15, -0.1) is 0 Å². The van der Waals surface area contributed by atoms with Gasteiger partial charge in [-0.05, 0) is 29.8 Å². The molecule has 0 spiro atoms. The van der Waals surface area contributed by atoms with Gasteiger partial charge in [0.15, 0.2) is 0 Å². The largest absolute Gasteiger partial charge is 0.416 e. The van der Waals surface area contributed by atoms with Gasteiger partial charge in [0, 0.05) is 38.0 Å². The van der Waals surface area contributed by atoms with E-state index < -0.39 is 23.9 Å². The SMILES string of the molecule is C=CC(=O)N1CC(OCc2ccc(C(F)(F)F)cc2)C(n2nc(-c3cnn(C)c3)ccc2=O)C1. The molecule has 0 saturated carbocycles. The molecule has 1 aliphatic rings. The van der Waals surface area contributed by atoms with Gasteiger partial charge in [0.25, 0.3) is 5.56 Å². The van der Waals surface area contributed by atoms with Gasteiger partial charge >= 0.3 is 6.18 Å². The molecule has 1 aliphatic heterocycles. The van der Waals surface area contributed by atoms with Crippen molar-refractivity contribution in [1.29, 1.82) is 0 Å². The van der Waals surface area contributed by atoms with Crippen molar-refractivity contribution >= 4 is 5.91 Å². The molecule has 4 rings (SSSR count). The summed E-state index contributed by atoms with van der Waals surface area (Å²) in [6.07, 6.45) is -0.471. The Kier molecular flexibility index (Phi) is 6.38.